The van der Waals surface area contributed by atoms with E-state index in [1.807, 2.05) is 0 Å². The lowest BCUT2D eigenvalue weighted by Crippen LogP contribution is -2.44. The molecule has 1 atom stereocenters. The maximum absolute atomic E-state index is 13.1. The summed E-state index contributed by atoms with van der Waals surface area (Å²) < 4.78 is 19.0. The van der Waals surface area contributed by atoms with E-state index in [2.05, 4.69) is 15.3 Å². The molecule has 4 rings (SSSR count). The minimum absolute atomic E-state index is 0.125. The van der Waals surface area contributed by atoms with Crippen LogP contribution >= 0.6 is 0 Å². The van der Waals surface area contributed by atoms with Gasteiger partial charge >= 0.3 is 0 Å². The van der Waals surface area contributed by atoms with Crippen molar-refractivity contribution in [3.05, 3.63) is 77.5 Å². The monoisotopic (exact) mass is 438 g/mol. The summed E-state index contributed by atoms with van der Waals surface area (Å²) in [6.07, 6.45) is 7.15. The first-order valence-corrected chi connectivity index (χ1v) is 10.4. The molecular weight excluding hydrogens is 415 g/mol. The number of likely N-dealkylation sites (tertiary alicyclic amines) is 1. The summed E-state index contributed by atoms with van der Waals surface area (Å²) in [4.78, 5) is 34.9. The van der Waals surface area contributed by atoms with E-state index in [1.165, 1.54) is 30.6 Å². The number of piperidine rings is 1. The van der Waals surface area contributed by atoms with Gasteiger partial charge in [0.05, 0.1) is 24.5 Å². The molecule has 1 aliphatic rings. The average molecular weight is 438 g/mol. The van der Waals surface area contributed by atoms with Crippen LogP contribution in [-0.4, -0.2) is 44.9 Å². The maximum atomic E-state index is 13.1. The zero-order valence-electron chi connectivity index (χ0n) is 17.3. The van der Waals surface area contributed by atoms with Gasteiger partial charge in [0.15, 0.2) is 0 Å². The van der Waals surface area contributed by atoms with Crippen molar-refractivity contribution in [2.75, 3.05) is 13.1 Å². The van der Waals surface area contributed by atoms with Crippen LogP contribution in [0.2, 0.25) is 0 Å². The van der Waals surface area contributed by atoms with Gasteiger partial charge in [-0.15, -0.1) is 0 Å². The fraction of sp³-hybridized carbons (Fsp3) is 0.304. The Morgan fingerprint density at radius 2 is 2.00 bits per heavy atom. The van der Waals surface area contributed by atoms with Gasteiger partial charge in [-0.3, -0.25) is 14.6 Å². The highest BCUT2D eigenvalue weighted by molar-refractivity contribution is 5.96. The lowest BCUT2D eigenvalue weighted by atomic mass is 10.0. The molecule has 166 valence electrons. The molecule has 3 heterocycles. The summed E-state index contributed by atoms with van der Waals surface area (Å²) in [5.74, 6) is -0.0633. The van der Waals surface area contributed by atoms with E-state index in [1.54, 1.807) is 23.2 Å². The number of carbonyl (C=O) groups is 2. The predicted octanol–water partition coefficient (Wildman–Crippen LogP) is 2.99. The molecule has 2 N–H and O–H groups in total. The number of hydrogen-bond acceptors (Lipinski definition) is 6. The molecule has 8 nitrogen and oxygen atoms in total. The highest BCUT2D eigenvalue weighted by atomic mass is 19.1. The van der Waals surface area contributed by atoms with Gasteiger partial charge < -0.3 is 19.7 Å². The van der Waals surface area contributed by atoms with Crippen LogP contribution in [0, 0.1) is 5.82 Å². The summed E-state index contributed by atoms with van der Waals surface area (Å²) in [7, 11) is 0. The highest BCUT2D eigenvalue weighted by Crippen LogP contribution is 2.31. The van der Waals surface area contributed by atoms with Gasteiger partial charge in [-0.1, -0.05) is 12.1 Å². The zero-order chi connectivity index (χ0) is 22.5. The molecule has 0 spiro atoms. The molecular formula is C23H23FN4O4. The van der Waals surface area contributed by atoms with Gasteiger partial charge in [-0.2, -0.15) is 0 Å². The van der Waals surface area contributed by atoms with Gasteiger partial charge in [0, 0.05) is 19.2 Å². The normalized spacial score (nSPS) is 16.0. The minimum Gasteiger partial charge on any atom is -0.506 e. The van der Waals surface area contributed by atoms with Crippen molar-refractivity contribution in [1.82, 2.24) is 20.2 Å². The van der Waals surface area contributed by atoms with Crippen LogP contribution in [0.15, 0.2) is 53.3 Å². The summed E-state index contributed by atoms with van der Waals surface area (Å²) in [5, 5.41) is 12.0. The van der Waals surface area contributed by atoms with E-state index in [0.29, 0.717) is 31.0 Å². The number of benzene rings is 1. The number of rotatable bonds is 6. The molecule has 2 amide bonds. The standard InChI is InChI=1S/C23H23FN4O4/c24-17-6-4-15(5-7-17)9-19-13-27-23(32-19)20-3-1-2-8-28(20)21(30)14-26-22(31)16-10-18(29)12-25-11-16/h4-7,10-13,20,29H,1-3,8-9,14H2,(H,26,31). The number of nitrogens with zero attached hydrogens (tertiary/aromatic N) is 3. The SMILES string of the molecule is O=C(NCC(=O)N1CCCCC1c1ncc(Cc2ccc(F)cc2)o1)c1cncc(O)c1. The number of pyridine rings is 1. The van der Waals surface area contributed by atoms with Crippen LogP contribution < -0.4 is 5.32 Å². The van der Waals surface area contributed by atoms with E-state index in [0.717, 1.165) is 18.4 Å². The molecule has 1 aromatic carbocycles. The summed E-state index contributed by atoms with van der Waals surface area (Å²) in [5.41, 5.74) is 1.07. The Morgan fingerprint density at radius 3 is 2.78 bits per heavy atom. The quantitative estimate of drug-likeness (QED) is 0.613. The van der Waals surface area contributed by atoms with Gasteiger partial charge in [0.25, 0.3) is 5.91 Å². The first-order chi connectivity index (χ1) is 15.5. The molecule has 0 saturated carbocycles. The topological polar surface area (TPSA) is 109 Å². The highest BCUT2D eigenvalue weighted by Gasteiger charge is 2.31. The van der Waals surface area contributed by atoms with Crippen LogP contribution in [0.4, 0.5) is 4.39 Å². The second-order valence-corrected chi connectivity index (χ2v) is 7.68. The molecule has 0 radical (unpaired) electrons. The average Bonchev–Trinajstić information content (AvgIpc) is 3.27. The molecule has 1 saturated heterocycles. The summed E-state index contributed by atoms with van der Waals surface area (Å²) in [6, 6.07) is 7.16. The van der Waals surface area contributed by atoms with Crippen molar-refractivity contribution >= 4 is 11.8 Å². The molecule has 3 aromatic rings. The largest absolute Gasteiger partial charge is 0.506 e. The van der Waals surface area contributed by atoms with Crippen molar-refractivity contribution in [2.24, 2.45) is 0 Å². The number of aromatic nitrogens is 2. The van der Waals surface area contributed by atoms with Gasteiger partial charge in [-0.05, 0) is 43.0 Å². The summed E-state index contributed by atoms with van der Waals surface area (Å²) in [6.45, 7) is 0.358. The van der Waals surface area contributed by atoms with Crippen LogP contribution in [-0.2, 0) is 11.2 Å². The van der Waals surface area contributed by atoms with E-state index >= 15 is 0 Å². The smallest absolute Gasteiger partial charge is 0.253 e. The third-order valence-electron chi connectivity index (χ3n) is 5.36. The molecule has 32 heavy (non-hydrogen) atoms. The molecule has 0 bridgehead atoms. The predicted molar refractivity (Wildman–Crippen MR) is 112 cm³/mol. The minimum atomic E-state index is -0.493. The van der Waals surface area contributed by atoms with Crippen molar-refractivity contribution in [3.63, 3.8) is 0 Å². The third kappa shape index (κ3) is 5.11. The first kappa shape index (κ1) is 21.5. The zero-order valence-corrected chi connectivity index (χ0v) is 17.3. The number of nitrogens with one attached hydrogen (secondary N) is 1. The molecule has 2 aromatic heterocycles. The van der Waals surface area contributed by atoms with Crippen LogP contribution in [0.3, 0.4) is 0 Å². The maximum Gasteiger partial charge on any atom is 0.253 e. The third-order valence-corrected chi connectivity index (χ3v) is 5.36. The lowest BCUT2D eigenvalue weighted by molar-refractivity contribution is -0.134. The van der Waals surface area contributed by atoms with Crippen molar-refractivity contribution in [2.45, 2.75) is 31.7 Å². The Balaban J connectivity index is 1.40. The number of aromatic hydroxyl groups is 1. The molecule has 1 aliphatic heterocycles. The molecule has 0 aliphatic carbocycles. The Hall–Kier alpha value is -3.75. The fourth-order valence-electron chi connectivity index (χ4n) is 3.76. The van der Waals surface area contributed by atoms with Gasteiger partial charge in [-0.25, -0.2) is 9.37 Å². The number of carbonyl (C=O) groups excluding carboxylic acids is 2. The van der Waals surface area contributed by atoms with Crippen LogP contribution in [0.5, 0.6) is 5.75 Å². The number of oxazole rings is 1. The van der Waals surface area contributed by atoms with Gasteiger partial charge in [0.2, 0.25) is 11.8 Å². The number of halogens is 1. The number of amides is 2. The van der Waals surface area contributed by atoms with Crippen molar-refractivity contribution in [1.29, 1.82) is 0 Å². The van der Waals surface area contributed by atoms with E-state index in [4.69, 9.17) is 4.42 Å². The Kier molecular flexibility index (Phi) is 6.44. The Morgan fingerprint density at radius 1 is 1.19 bits per heavy atom. The van der Waals surface area contributed by atoms with Crippen molar-refractivity contribution in [3.8, 4) is 5.75 Å². The number of hydrogen-bond donors (Lipinski definition) is 2. The second kappa shape index (κ2) is 9.59. The van der Waals surface area contributed by atoms with Gasteiger partial charge in [0.1, 0.15) is 23.4 Å². The Bertz CT molecular complexity index is 1100. The van der Waals surface area contributed by atoms with Crippen molar-refractivity contribution < 1.29 is 23.5 Å². The van der Waals surface area contributed by atoms with E-state index < -0.39 is 5.91 Å². The fourth-order valence-corrected chi connectivity index (χ4v) is 3.76. The first-order valence-electron chi connectivity index (χ1n) is 10.4. The van der Waals surface area contributed by atoms with E-state index in [-0.39, 0.29) is 35.6 Å². The second-order valence-electron chi connectivity index (χ2n) is 7.68. The lowest BCUT2D eigenvalue weighted by Gasteiger charge is -2.33. The van der Waals surface area contributed by atoms with Crippen LogP contribution in [0.1, 0.15) is 52.9 Å². The molecule has 1 unspecified atom stereocenters. The van der Waals surface area contributed by atoms with E-state index in [9.17, 15) is 19.1 Å². The molecule has 1 fully saturated rings. The van der Waals surface area contributed by atoms with Crippen LogP contribution in [0.25, 0.3) is 0 Å². The Labute approximate surface area is 184 Å². The summed E-state index contributed by atoms with van der Waals surface area (Å²) >= 11 is 0. The molecule has 9 heteroatoms.